The van der Waals surface area contributed by atoms with Crippen molar-refractivity contribution in [2.24, 2.45) is 0 Å². The Kier molecular flexibility index (Phi) is 7.37. The van der Waals surface area contributed by atoms with Crippen molar-refractivity contribution in [3.63, 3.8) is 0 Å². The van der Waals surface area contributed by atoms with Gasteiger partial charge in [-0.1, -0.05) is 44.8 Å². The Hall–Kier alpha value is -0.920. The van der Waals surface area contributed by atoms with Crippen molar-refractivity contribution in [2.75, 3.05) is 12.5 Å². The second-order valence-electron chi connectivity index (χ2n) is 5.17. The van der Waals surface area contributed by atoms with Crippen LogP contribution in [0.3, 0.4) is 0 Å². The maximum absolute atomic E-state index is 13.8. The third kappa shape index (κ3) is 6.85. The predicted molar refractivity (Wildman–Crippen MR) is 105 cm³/mol. The van der Waals surface area contributed by atoms with Gasteiger partial charge in [-0.05, 0) is 12.1 Å². The fourth-order valence-corrected chi connectivity index (χ4v) is 5.54. The largest absolute Gasteiger partial charge is 0.379 e. The van der Waals surface area contributed by atoms with E-state index in [-0.39, 0.29) is 19.8 Å². The van der Waals surface area contributed by atoms with Gasteiger partial charge in [-0.3, -0.25) is 0 Å². The van der Waals surface area contributed by atoms with Crippen LogP contribution in [-0.4, -0.2) is 29.3 Å². The number of halogens is 4. The van der Waals surface area contributed by atoms with Crippen LogP contribution in [0.4, 0.5) is 8.78 Å². The van der Waals surface area contributed by atoms with Crippen LogP contribution >= 0.6 is 44.8 Å². The number of benzene rings is 2. The molecule has 28 heavy (non-hydrogen) atoms. The van der Waals surface area contributed by atoms with Gasteiger partial charge in [0.15, 0.2) is 23.1 Å². The van der Waals surface area contributed by atoms with Gasteiger partial charge >= 0.3 is 20.2 Å². The molecule has 0 radical (unpaired) electrons. The van der Waals surface area contributed by atoms with Crippen molar-refractivity contribution in [2.45, 2.75) is 9.79 Å². The van der Waals surface area contributed by atoms with Crippen LogP contribution in [0.2, 0.25) is 10.0 Å². The molecular weight excluding hydrogens is 501 g/mol. The Balaban J connectivity index is 2.31. The lowest BCUT2D eigenvalue weighted by atomic mass is 10.3. The monoisotopic (exact) mass is 510 g/mol. The van der Waals surface area contributed by atoms with Gasteiger partial charge in [0.1, 0.15) is 0 Å². The smallest absolute Gasteiger partial charge is 0.306 e. The number of rotatable bonds is 7. The summed E-state index contributed by atoms with van der Waals surface area (Å²) in [5.74, 6) is -3.07. The maximum Gasteiger partial charge on any atom is 0.306 e. The molecular formula is C14H10Cl2F2O6S4. The molecule has 0 unspecified atom stereocenters. The van der Waals surface area contributed by atoms with Crippen molar-refractivity contribution >= 4 is 65.0 Å². The van der Waals surface area contributed by atoms with Gasteiger partial charge in [-0.15, -0.1) is 0 Å². The summed E-state index contributed by atoms with van der Waals surface area (Å²) >= 11 is 11.9. The van der Waals surface area contributed by atoms with Gasteiger partial charge in [0.2, 0.25) is 0 Å². The highest BCUT2D eigenvalue weighted by molar-refractivity contribution is 8.76. The topological polar surface area (TPSA) is 86.7 Å². The molecule has 0 aliphatic carbocycles. The third-order valence-corrected chi connectivity index (χ3v) is 6.94. The van der Waals surface area contributed by atoms with E-state index < -0.39 is 43.4 Å². The van der Waals surface area contributed by atoms with Gasteiger partial charge < -0.3 is 8.37 Å². The Morgan fingerprint density at radius 1 is 0.750 bits per heavy atom. The average molecular weight is 511 g/mol. The molecule has 0 aromatic heterocycles. The van der Waals surface area contributed by atoms with E-state index in [0.29, 0.717) is 0 Å². The predicted octanol–water partition coefficient (Wildman–Crippen LogP) is 4.75. The van der Waals surface area contributed by atoms with Crippen LogP contribution in [0.25, 0.3) is 0 Å². The van der Waals surface area contributed by atoms with E-state index in [9.17, 15) is 25.6 Å². The first-order valence-corrected chi connectivity index (χ1v) is 13.4. The summed E-state index contributed by atoms with van der Waals surface area (Å²) in [6, 6.07) is 3.88. The highest BCUT2D eigenvalue weighted by Crippen LogP contribution is 2.46. The summed E-state index contributed by atoms with van der Waals surface area (Å²) in [7, 11) is -6.08. The van der Waals surface area contributed by atoms with Gasteiger partial charge in [0.25, 0.3) is 0 Å². The molecule has 0 spiro atoms. The zero-order valence-electron chi connectivity index (χ0n) is 13.9. The molecule has 0 atom stereocenters. The Bertz CT molecular complexity index is 1030. The average Bonchev–Trinajstić information content (AvgIpc) is 2.50. The highest BCUT2D eigenvalue weighted by Gasteiger charge is 2.18. The van der Waals surface area contributed by atoms with Crippen molar-refractivity contribution in [1.82, 2.24) is 0 Å². The van der Waals surface area contributed by atoms with E-state index in [0.717, 1.165) is 58.4 Å². The zero-order valence-corrected chi connectivity index (χ0v) is 18.7. The molecule has 2 aromatic rings. The Morgan fingerprint density at radius 3 is 1.36 bits per heavy atom. The summed E-state index contributed by atoms with van der Waals surface area (Å²) < 4.78 is 81.6. The molecule has 154 valence electrons. The first kappa shape index (κ1) is 23.4. The second-order valence-corrected chi connectivity index (χ2v) is 11.3. The summed E-state index contributed by atoms with van der Waals surface area (Å²) in [5.41, 5.74) is 0. The summed E-state index contributed by atoms with van der Waals surface area (Å²) in [5, 5.41) is -0.0802. The minimum atomic E-state index is -3.97. The molecule has 0 heterocycles. The standard InChI is InChI=1S/C14H10Cl2F2O6S4/c1-27(19,20)23-11-5-13(7(15)3-9(11)17)25-26-14-6-12(24-28(2,21)22)10(18)4-8(14)16/h3-6H,1-2H3. The lowest BCUT2D eigenvalue weighted by molar-refractivity contribution is 0.465. The quantitative estimate of drug-likeness (QED) is 0.389. The van der Waals surface area contributed by atoms with Crippen LogP contribution in [0.15, 0.2) is 34.1 Å². The van der Waals surface area contributed by atoms with Crippen molar-refractivity contribution in [3.8, 4) is 11.5 Å². The molecule has 0 N–H and O–H groups in total. The first-order valence-electron chi connectivity index (χ1n) is 6.86. The maximum atomic E-state index is 13.8. The molecule has 0 saturated carbocycles. The number of hydrogen-bond donors (Lipinski definition) is 0. The molecule has 0 aliphatic heterocycles. The van der Waals surface area contributed by atoms with Crippen molar-refractivity contribution < 1.29 is 34.0 Å². The fraction of sp³-hybridized carbons (Fsp3) is 0.143. The summed E-state index contributed by atoms with van der Waals surface area (Å²) in [6.45, 7) is 0. The number of hydrogen-bond acceptors (Lipinski definition) is 8. The van der Waals surface area contributed by atoms with E-state index in [2.05, 4.69) is 8.37 Å². The molecule has 0 saturated heterocycles. The Morgan fingerprint density at radius 2 is 1.07 bits per heavy atom. The summed E-state index contributed by atoms with van der Waals surface area (Å²) in [4.78, 5) is 0.440. The molecule has 0 bridgehead atoms. The Labute approximate surface area is 178 Å². The van der Waals surface area contributed by atoms with Crippen LogP contribution in [0.1, 0.15) is 0 Å². The molecule has 0 fully saturated rings. The third-order valence-electron chi connectivity index (χ3n) is 2.68. The molecule has 2 rings (SSSR count). The molecule has 0 amide bonds. The molecule has 0 aliphatic rings. The van der Waals surface area contributed by atoms with Crippen molar-refractivity contribution in [1.29, 1.82) is 0 Å². The fourth-order valence-electron chi connectivity index (χ4n) is 1.69. The normalized spacial score (nSPS) is 12.1. The highest BCUT2D eigenvalue weighted by atomic mass is 35.5. The van der Waals surface area contributed by atoms with Crippen LogP contribution in [0.5, 0.6) is 11.5 Å². The molecule has 6 nitrogen and oxygen atoms in total. The van der Waals surface area contributed by atoms with Gasteiger partial charge in [0, 0.05) is 21.9 Å². The van der Waals surface area contributed by atoms with Crippen LogP contribution in [0, 0.1) is 11.6 Å². The van der Waals surface area contributed by atoms with E-state index in [1.807, 2.05) is 0 Å². The lowest BCUT2D eigenvalue weighted by Gasteiger charge is -2.11. The molecule has 2 aromatic carbocycles. The van der Waals surface area contributed by atoms with E-state index in [1.54, 1.807) is 0 Å². The van der Waals surface area contributed by atoms with Crippen LogP contribution < -0.4 is 8.37 Å². The second kappa shape index (κ2) is 8.84. The van der Waals surface area contributed by atoms with Crippen molar-refractivity contribution in [3.05, 3.63) is 45.9 Å². The first-order chi connectivity index (χ1) is 12.7. The van der Waals surface area contributed by atoms with Gasteiger partial charge in [-0.2, -0.15) is 16.8 Å². The minimum absolute atomic E-state index is 0.0401. The lowest BCUT2D eigenvalue weighted by Crippen LogP contribution is -2.07. The van der Waals surface area contributed by atoms with E-state index in [4.69, 9.17) is 23.2 Å². The van der Waals surface area contributed by atoms with Gasteiger partial charge in [0.05, 0.1) is 22.6 Å². The van der Waals surface area contributed by atoms with E-state index >= 15 is 0 Å². The molecule has 14 heteroatoms. The zero-order chi connectivity index (χ0) is 21.3. The van der Waals surface area contributed by atoms with Crippen LogP contribution in [-0.2, 0) is 20.2 Å². The van der Waals surface area contributed by atoms with Gasteiger partial charge in [-0.25, -0.2) is 8.78 Å². The minimum Gasteiger partial charge on any atom is -0.379 e. The van der Waals surface area contributed by atoms with E-state index in [1.165, 1.54) is 0 Å². The SMILES string of the molecule is CS(=O)(=O)Oc1cc(SSc2cc(OS(C)(=O)=O)c(F)cc2Cl)c(Cl)cc1F. The summed E-state index contributed by atoms with van der Waals surface area (Å²) in [6.07, 6.45) is 1.51.